The number of nitrogens with one attached hydrogen (secondary N) is 1. The monoisotopic (exact) mass is 526 g/mol. The van der Waals surface area contributed by atoms with Gasteiger partial charge in [-0.05, 0) is 55.7 Å². The molecule has 2 aromatic carbocycles. The lowest BCUT2D eigenvalue weighted by atomic mass is 9.93. The molecule has 8 heteroatoms. The first-order valence-corrected chi connectivity index (χ1v) is 12.8. The highest BCUT2D eigenvalue weighted by atomic mass is 79.9. The molecule has 1 aliphatic heterocycles. The van der Waals surface area contributed by atoms with E-state index in [1.807, 2.05) is 60.1 Å². The Labute approximate surface area is 207 Å². The molecule has 0 saturated carbocycles. The van der Waals surface area contributed by atoms with Gasteiger partial charge in [0.25, 0.3) is 0 Å². The number of fused-ring (bicyclic) bond motifs is 1. The molecular weight excluding hydrogens is 500 g/mol. The normalized spacial score (nSPS) is 15.2. The standard InChI is InChI=1S/C25H27BrN4O2S/c1-4-5-14-33-25-28-24-27-16(2)22(17(3)31)23(30(24)29-25)19-8-12-21(13-9-19)32-15-18-6-10-20(26)11-7-18/h6-13,23H,4-5,14-15H2,1-3H3,(H,27,28,29). The second-order valence-corrected chi connectivity index (χ2v) is 9.95. The van der Waals surface area contributed by atoms with Gasteiger partial charge in [-0.2, -0.15) is 4.98 Å². The minimum Gasteiger partial charge on any atom is -0.489 e. The lowest BCUT2D eigenvalue weighted by molar-refractivity contribution is -0.114. The first kappa shape index (κ1) is 23.6. The predicted octanol–water partition coefficient (Wildman–Crippen LogP) is 6.39. The molecule has 2 heterocycles. The van der Waals surface area contributed by atoms with Gasteiger partial charge in [0.15, 0.2) is 5.78 Å². The first-order chi connectivity index (χ1) is 16.0. The quantitative estimate of drug-likeness (QED) is 0.257. The van der Waals surface area contributed by atoms with Crippen LogP contribution in [0.2, 0.25) is 0 Å². The Morgan fingerprint density at radius 3 is 2.58 bits per heavy atom. The number of benzene rings is 2. The summed E-state index contributed by atoms with van der Waals surface area (Å²) in [4.78, 5) is 17.2. The highest BCUT2D eigenvalue weighted by molar-refractivity contribution is 9.10. The fourth-order valence-corrected chi connectivity index (χ4v) is 4.94. The van der Waals surface area contributed by atoms with E-state index < -0.39 is 0 Å². The molecular formula is C25H27BrN4O2S. The number of halogens is 1. The Kier molecular flexibility index (Phi) is 7.55. The van der Waals surface area contributed by atoms with Crippen molar-refractivity contribution in [2.75, 3.05) is 11.1 Å². The van der Waals surface area contributed by atoms with Crippen LogP contribution in [-0.2, 0) is 11.4 Å². The molecule has 1 unspecified atom stereocenters. The van der Waals surface area contributed by atoms with Crippen LogP contribution in [-0.4, -0.2) is 26.3 Å². The van der Waals surface area contributed by atoms with Crippen LogP contribution in [0.4, 0.5) is 5.95 Å². The molecule has 0 fully saturated rings. The number of anilines is 1. The van der Waals surface area contributed by atoms with Gasteiger partial charge in [0, 0.05) is 21.5 Å². The fourth-order valence-electron chi connectivity index (χ4n) is 3.76. The van der Waals surface area contributed by atoms with E-state index in [0.29, 0.717) is 18.1 Å². The minimum atomic E-state index is -0.327. The van der Waals surface area contributed by atoms with Crippen LogP contribution < -0.4 is 10.1 Å². The minimum absolute atomic E-state index is 0.0156. The summed E-state index contributed by atoms with van der Waals surface area (Å²) >= 11 is 5.09. The van der Waals surface area contributed by atoms with E-state index in [0.717, 1.165) is 50.8 Å². The number of hydrogen-bond donors (Lipinski definition) is 1. The maximum Gasteiger partial charge on any atom is 0.227 e. The summed E-state index contributed by atoms with van der Waals surface area (Å²) in [5.41, 5.74) is 3.57. The third kappa shape index (κ3) is 5.50. The smallest absolute Gasteiger partial charge is 0.227 e. The molecule has 172 valence electrons. The Morgan fingerprint density at radius 1 is 1.18 bits per heavy atom. The van der Waals surface area contributed by atoms with Crippen molar-refractivity contribution in [3.8, 4) is 5.75 Å². The van der Waals surface area contributed by atoms with Crippen molar-refractivity contribution >= 4 is 39.4 Å². The van der Waals surface area contributed by atoms with Crippen molar-refractivity contribution < 1.29 is 9.53 Å². The Hall–Kier alpha value is -2.58. The summed E-state index contributed by atoms with van der Waals surface area (Å²) < 4.78 is 8.83. The lowest BCUT2D eigenvalue weighted by Gasteiger charge is -2.28. The van der Waals surface area contributed by atoms with Crippen LogP contribution in [0.15, 0.2) is 69.4 Å². The van der Waals surface area contributed by atoms with Gasteiger partial charge in [-0.3, -0.25) is 4.79 Å². The van der Waals surface area contributed by atoms with Gasteiger partial charge in [-0.15, -0.1) is 5.10 Å². The first-order valence-electron chi connectivity index (χ1n) is 11.0. The molecule has 0 saturated heterocycles. The Bertz CT molecular complexity index is 1160. The van der Waals surface area contributed by atoms with E-state index >= 15 is 0 Å². The number of unbranched alkanes of at least 4 members (excludes halogenated alkanes) is 1. The zero-order chi connectivity index (χ0) is 23.4. The van der Waals surface area contributed by atoms with Crippen molar-refractivity contribution in [1.29, 1.82) is 0 Å². The number of ketones is 1. The summed E-state index contributed by atoms with van der Waals surface area (Å²) in [7, 11) is 0. The number of ether oxygens (including phenoxy) is 1. The number of aromatic nitrogens is 3. The lowest BCUT2D eigenvalue weighted by Crippen LogP contribution is -2.27. The largest absolute Gasteiger partial charge is 0.489 e. The second kappa shape index (κ2) is 10.6. The van der Waals surface area contributed by atoms with Crippen molar-refractivity contribution in [3.05, 3.63) is 75.4 Å². The predicted molar refractivity (Wildman–Crippen MR) is 136 cm³/mol. The summed E-state index contributed by atoms with van der Waals surface area (Å²) in [6, 6.07) is 15.6. The second-order valence-electron chi connectivity index (χ2n) is 7.97. The molecule has 1 aliphatic rings. The highest BCUT2D eigenvalue weighted by Crippen LogP contribution is 2.37. The van der Waals surface area contributed by atoms with Gasteiger partial charge in [0.1, 0.15) is 18.4 Å². The fraction of sp³-hybridized carbons (Fsp3) is 0.320. The summed E-state index contributed by atoms with van der Waals surface area (Å²) in [6.07, 6.45) is 2.25. The average Bonchev–Trinajstić information content (AvgIpc) is 3.20. The molecule has 4 rings (SSSR count). The molecule has 33 heavy (non-hydrogen) atoms. The molecule has 0 radical (unpaired) electrons. The van der Waals surface area contributed by atoms with Gasteiger partial charge in [0.2, 0.25) is 11.1 Å². The number of carbonyl (C=O) groups excluding carboxylic acids is 1. The van der Waals surface area contributed by atoms with Crippen LogP contribution >= 0.6 is 27.7 Å². The molecule has 1 N–H and O–H groups in total. The van der Waals surface area contributed by atoms with Gasteiger partial charge in [-0.25, -0.2) is 4.68 Å². The average molecular weight is 527 g/mol. The number of carbonyl (C=O) groups is 1. The highest BCUT2D eigenvalue weighted by Gasteiger charge is 2.32. The van der Waals surface area contributed by atoms with E-state index in [2.05, 4.69) is 33.2 Å². The van der Waals surface area contributed by atoms with Crippen molar-refractivity contribution in [1.82, 2.24) is 14.8 Å². The number of rotatable bonds is 9. The SMILES string of the molecule is CCCCSc1nc2n(n1)C(c1ccc(OCc3ccc(Br)cc3)cc1)C(C(C)=O)=C(C)N2. The molecule has 0 bridgehead atoms. The third-order valence-electron chi connectivity index (χ3n) is 5.46. The third-order valence-corrected chi connectivity index (χ3v) is 6.91. The van der Waals surface area contributed by atoms with Crippen LogP contribution in [0.5, 0.6) is 5.75 Å². The number of hydrogen-bond acceptors (Lipinski definition) is 6. The number of nitrogens with zero attached hydrogens (tertiary/aromatic N) is 3. The maximum absolute atomic E-state index is 12.6. The number of thioether (sulfide) groups is 1. The van der Waals surface area contributed by atoms with E-state index in [1.165, 1.54) is 0 Å². The van der Waals surface area contributed by atoms with Gasteiger partial charge in [-0.1, -0.05) is 65.3 Å². The summed E-state index contributed by atoms with van der Waals surface area (Å²) in [5.74, 6) is 2.43. The molecule has 3 aromatic rings. The zero-order valence-electron chi connectivity index (χ0n) is 19.0. The molecule has 0 amide bonds. The van der Waals surface area contributed by atoms with E-state index in [9.17, 15) is 4.79 Å². The molecule has 0 spiro atoms. The van der Waals surface area contributed by atoms with Gasteiger partial charge < -0.3 is 10.1 Å². The van der Waals surface area contributed by atoms with E-state index in [1.54, 1.807) is 18.7 Å². The van der Waals surface area contributed by atoms with Crippen molar-refractivity contribution in [2.45, 2.75) is 51.4 Å². The number of allylic oxidation sites excluding steroid dienone is 2. The van der Waals surface area contributed by atoms with Crippen LogP contribution in [0.25, 0.3) is 0 Å². The van der Waals surface area contributed by atoms with Gasteiger partial charge >= 0.3 is 0 Å². The van der Waals surface area contributed by atoms with Crippen LogP contribution in [0.3, 0.4) is 0 Å². The zero-order valence-corrected chi connectivity index (χ0v) is 21.4. The molecule has 1 aromatic heterocycles. The summed E-state index contributed by atoms with van der Waals surface area (Å²) in [5, 5.41) is 8.72. The van der Waals surface area contributed by atoms with E-state index in [4.69, 9.17) is 9.84 Å². The van der Waals surface area contributed by atoms with Crippen LogP contribution in [0.1, 0.15) is 50.8 Å². The van der Waals surface area contributed by atoms with Crippen LogP contribution in [0, 0.1) is 0 Å². The molecule has 6 nitrogen and oxygen atoms in total. The summed E-state index contributed by atoms with van der Waals surface area (Å²) in [6.45, 7) is 6.18. The number of Topliss-reactive ketones (excluding diaryl/α,β-unsaturated/α-hetero) is 1. The maximum atomic E-state index is 12.6. The molecule has 0 aliphatic carbocycles. The van der Waals surface area contributed by atoms with Gasteiger partial charge in [0.05, 0.1) is 0 Å². The Morgan fingerprint density at radius 2 is 1.91 bits per heavy atom. The topological polar surface area (TPSA) is 69.0 Å². The Balaban J connectivity index is 1.57. The van der Waals surface area contributed by atoms with Crippen molar-refractivity contribution in [2.24, 2.45) is 0 Å². The molecule has 1 atom stereocenters. The van der Waals surface area contributed by atoms with Crippen molar-refractivity contribution in [3.63, 3.8) is 0 Å². The van der Waals surface area contributed by atoms with E-state index in [-0.39, 0.29) is 11.8 Å².